The number of hydrogen-bond acceptors (Lipinski definition) is 5. The zero-order chi connectivity index (χ0) is 17.3. The molecule has 1 heterocycles. The lowest BCUT2D eigenvalue weighted by Crippen LogP contribution is -2.25. The first-order valence-corrected chi connectivity index (χ1v) is 8.40. The van der Waals surface area contributed by atoms with Gasteiger partial charge in [0.2, 0.25) is 0 Å². The topological polar surface area (TPSA) is 97.5 Å². The Morgan fingerprint density at radius 2 is 1.75 bits per heavy atom. The van der Waals surface area contributed by atoms with Gasteiger partial charge in [0.25, 0.3) is 0 Å². The fraction of sp³-hybridized carbons (Fsp3) is 0.294. The summed E-state index contributed by atoms with van der Waals surface area (Å²) in [6, 6.07) is 9.95. The average molecular weight is 345 g/mol. The van der Waals surface area contributed by atoms with E-state index in [1.54, 1.807) is 30.3 Å². The third-order valence-electron chi connectivity index (χ3n) is 4.40. The highest BCUT2D eigenvalue weighted by atomic mass is 32.1. The molecule has 1 N–H and O–H groups in total. The van der Waals surface area contributed by atoms with Crippen molar-refractivity contribution in [2.45, 2.75) is 19.3 Å². The van der Waals surface area contributed by atoms with Gasteiger partial charge in [-0.2, -0.15) is 0 Å². The fourth-order valence-electron chi connectivity index (χ4n) is 3.16. The molecule has 0 amide bonds. The minimum absolute atomic E-state index is 0.0698. The van der Waals surface area contributed by atoms with E-state index in [4.69, 9.17) is 0 Å². The lowest BCUT2D eigenvalue weighted by molar-refractivity contribution is -0.380. The molecule has 6 nitrogen and oxygen atoms in total. The normalized spacial score (nSPS) is 20.0. The highest BCUT2D eigenvalue weighted by molar-refractivity contribution is 7.18. The Labute approximate surface area is 141 Å². The summed E-state index contributed by atoms with van der Waals surface area (Å²) >= 11 is 1.08. The maximum Gasteiger partial charge on any atom is 0.324 e. The van der Waals surface area contributed by atoms with Crippen molar-refractivity contribution in [2.75, 3.05) is 0 Å². The van der Waals surface area contributed by atoms with Crippen molar-refractivity contribution in [3.05, 3.63) is 52.1 Å². The predicted molar refractivity (Wildman–Crippen MR) is 89.2 cm³/mol. The quantitative estimate of drug-likeness (QED) is 0.502. The Morgan fingerprint density at radius 3 is 2.33 bits per heavy atom. The molecule has 0 spiro atoms. The number of Topliss-reactive ketones (excluding diaryl/α,β-unsaturated/α-hetero) is 1. The van der Waals surface area contributed by atoms with Gasteiger partial charge in [-0.1, -0.05) is 42.0 Å². The van der Waals surface area contributed by atoms with E-state index in [0.29, 0.717) is 18.4 Å². The molecule has 0 aliphatic heterocycles. The fourth-order valence-corrected chi connectivity index (χ4v) is 3.99. The predicted octanol–water partition coefficient (Wildman–Crippen LogP) is 4.01. The zero-order valence-electron chi connectivity index (χ0n) is 12.7. The third-order valence-corrected chi connectivity index (χ3v) is 5.48. The molecular formula is C17H15NO5S. The first-order chi connectivity index (χ1) is 11.5. The molecule has 2 atom stereocenters. The summed E-state index contributed by atoms with van der Waals surface area (Å²) in [5.74, 6) is -2.11. The second kappa shape index (κ2) is 6.52. The molecule has 1 aliphatic carbocycles. The van der Waals surface area contributed by atoms with Crippen molar-refractivity contribution in [3.8, 4) is 10.4 Å². The Morgan fingerprint density at radius 1 is 1.08 bits per heavy atom. The number of ketones is 1. The zero-order valence-corrected chi connectivity index (χ0v) is 13.5. The molecule has 24 heavy (non-hydrogen) atoms. The molecule has 1 saturated carbocycles. The van der Waals surface area contributed by atoms with E-state index in [0.717, 1.165) is 28.2 Å². The van der Waals surface area contributed by atoms with E-state index < -0.39 is 22.7 Å². The number of aliphatic carboxylic acids is 1. The van der Waals surface area contributed by atoms with Crippen LogP contribution in [0.5, 0.6) is 0 Å². The second-order valence-electron chi connectivity index (χ2n) is 5.82. The molecule has 0 saturated heterocycles. The van der Waals surface area contributed by atoms with Crippen LogP contribution in [0.3, 0.4) is 0 Å². The van der Waals surface area contributed by atoms with Gasteiger partial charge in [-0.3, -0.25) is 19.7 Å². The molecule has 124 valence electrons. The summed E-state index contributed by atoms with van der Waals surface area (Å²) < 4.78 is 0. The van der Waals surface area contributed by atoms with Gasteiger partial charge in [-0.15, -0.1) is 0 Å². The van der Waals surface area contributed by atoms with Crippen LogP contribution in [-0.2, 0) is 4.79 Å². The summed E-state index contributed by atoms with van der Waals surface area (Å²) in [5, 5.41) is 20.0. The van der Waals surface area contributed by atoms with E-state index in [-0.39, 0.29) is 10.8 Å². The monoisotopic (exact) mass is 345 g/mol. The smallest absolute Gasteiger partial charge is 0.324 e. The summed E-state index contributed by atoms with van der Waals surface area (Å²) in [7, 11) is 0. The van der Waals surface area contributed by atoms with E-state index in [9.17, 15) is 24.8 Å². The van der Waals surface area contributed by atoms with Crippen molar-refractivity contribution in [3.63, 3.8) is 0 Å². The molecule has 1 fully saturated rings. The Hall–Kier alpha value is -2.54. The maximum atomic E-state index is 12.6. The van der Waals surface area contributed by atoms with Crippen LogP contribution in [0.1, 0.15) is 29.6 Å². The van der Waals surface area contributed by atoms with Crippen molar-refractivity contribution < 1.29 is 19.6 Å². The second-order valence-corrected chi connectivity index (χ2v) is 6.88. The first kappa shape index (κ1) is 16.3. The maximum absolute atomic E-state index is 12.6. The number of rotatable bonds is 5. The van der Waals surface area contributed by atoms with Gasteiger partial charge in [0, 0.05) is 22.4 Å². The number of thiophene rings is 1. The number of carboxylic acid groups (broad SMARTS) is 1. The van der Waals surface area contributed by atoms with Gasteiger partial charge >= 0.3 is 11.0 Å². The molecule has 0 bridgehead atoms. The van der Waals surface area contributed by atoms with Gasteiger partial charge in [0.1, 0.15) is 0 Å². The summed E-state index contributed by atoms with van der Waals surface area (Å²) in [6.45, 7) is 0. The minimum Gasteiger partial charge on any atom is -0.481 e. The number of carbonyl (C=O) groups is 2. The third kappa shape index (κ3) is 3.07. The van der Waals surface area contributed by atoms with Crippen LogP contribution in [-0.4, -0.2) is 21.8 Å². The van der Waals surface area contributed by atoms with Crippen molar-refractivity contribution in [1.82, 2.24) is 0 Å². The average Bonchev–Trinajstić information content (AvgIpc) is 3.23. The Balaban J connectivity index is 1.80. The molecule has 0 radical (unpaired) electrons. The standard InChI is InChI=1S/C17H15NO5S/c19-16(12-2-1-3-13(12)17(20)21)11-6-4-10(5-7-11)14-8-9-15(24-14)18(22)23/h4-9,12-13H,1-3H2,(H,20,21)/t12-,13-/m1/s1. The number of hydrogen-bond donors (Lipinski definition) is 1. The van der Waals surface area contributed by atoms with Gasteiger partial charge in [-0.05, 0) is 24.5 Å². The van der Waals surface area contributed by atoms with E-state index in [1.807, 2.05) is 0 Å². The largest absolute Gasteiger partial charge is 0.481 e. The minimum atomic E-state index is -0.909. The molecule has 1 aromatic heterocycles. The van der Waals surface area contributed by atoms with E-state index in [1.165, 1.54) is 6.07 Å². The number of carbonyl (C=O) groups excluding carboxylic acids is 1. The highest BCUT2D eigenvalue weighted by Crippen LogP contribution is 2.36. The number of nitro groups is 1. The lowest BCUT2D eigenvalue weighted by atomic mass is 9.88. The van der Waals surface area contributed by atoms with Crippen LogP contribution < -0.4 is 0 Å². The van der Waals surface area contributed by atoms with Crippen molar-refractivity contribution in [2.24, 2.45) is 11.8 Å². The van der Waals surface area contributed by atoms with Gasteiger partial charge in [0.05, 0.1) is 10.8 Å². The van der Waals surface area contributed by atoms with Gasteiger partial charge in [-0.25, -0.2) is 0 Å². The molecule has 2 aromatic rings. The molecule has 0 unspecified atom stereocenters. The highest BCUT2D eigenvalue weighted by Gasteiger charge is 2.37. The van der Waals surface area contributed by atoms with E-state index in [2.05, 4.69) is 0 Å². The lowest BCUT2D eigenvalue weighted by Gasteiger charge is -2.14. The van der Waals surface area contributed by atoms with Crippen LogP contribution >= 0.6 is 11.3 Å². The molecular weight excluding hydrogens is 330 g/mol. The molecule has 1 aliphatic rings. The Bertz CT molecular complexity index is 796. The van der Waals surface area contributed by atoms with Crippen LogP contribution in [0.4, 0.5) is 5.00 Å². The molecule has 1 aromatic carbocycles. The van der Waals surface area contributed by atoms with Gasteiger partial charge < -0.3 is 5.11 Å². The molecule has 3 rings (SSSR count). The molecule has 7 heteroatoms. The summed E-state index contributed by atoms with van der Waals surface area (Å²) in [6.07, 6.45) is 1.90. The van der Waals surface area contributed by atoms with Crippen LogP contribution in [0.15, 0.2) is 36.4 Å². The van der Waals surface area contributed by atoms with Crippen molar-refractivity contribution in [1.29, 1.82) is 0 Å². The Kier molecular flexibility index (Phi) is 4.44. The number of benzene rings is 1. The number of carboxylic acids is 1. The SMILES string of the molecule is O=C(O)[C@@H]1CCC[C@H]1C(=O)c1ccc(-c2ccc([N+](=O)[O-])s2)cc1. The van der Waals surface area contributed by atoms with Crippen LogP contribution in [0.2, 0.25) is 0 Å². The van der Waals surface area contributed by atoms with Gasteiger partial charge in [0.15, 0.2) is 5.78 Å². The van der Waals surface area contributed by atoms with Crippen molar-refractivity contribution >= 4 is 28.1 Å². The van der Waals surface area contributed by atoms with Crippen LogP contribution in [0.25, 0.3) is 10.4 Å². The number of nitrogens with zero attached hydrogens (tertiary/aromatic N) is 1. The van der Waals surface area contributed by atoms with E-state index >= 15 is 0 Å². The first-order valence-electron chi connectivity index (χ1n) is 7.59. The van der Waals surface area contributed by atoms with Crippen LogP contribution in [0, 0.1) is 22.0 Å². The summed E-state index contributed by atoms with van der Waals surface area (Å²) in [4.78, 5) is 34.9. The summed E-state index contributed by atoms with van der Waals surface area (Å²) in [5.41, 5.74) is 1.29.